The minimum Gasteiger partial charge on any atom is -0.366 e. The SMILES string of the molecule is NCCc1nccn1-c1cc(C(N)=O)ccc1[N+](=O)[O-]. The van der Waals surface area contributed by atoms with Crippen LogP contribution in [0.1, 0.15) is 16.2 Å². The number of carbonyl (C=O) groups excluding carboxylic acids is 1. The molecule has 0 atom stereocenters. The third-order valence-corrected chi connectivity index (χ3v) is 2.80. The monoisotopic (exact) mass is 275 g/mol. The molecule has 1 aromatic heterocycles. The number of hydrogen-bond acceptors (Lipinski definition) is 5. The second kappa shape index (κ2) is 5.49. The van der Waals surface area contributed by atoms with Gasteiger partial charge in [0.15, 0.2) is 0 Å². The molecule has 20 heavy (non-hydrogen) atoms. The maximum atomic E-state index is 11.2. The number of imidazole rings is 1. The van der Waals surface area contributed by atoms with Crippen molar-refractivity contribution in [1.82, 2.24) is 9.55 Å². The third-order valence-electron chi connectivity index (χ3n) is 2.80. The first-order chi connectivity index (χ1) is 9.54. The van der Waals surface area contributed by atoms with Gasteiger partial charge in [0.25, 0.3) is 5.69 Å². The molecule has 8 nitrogen and oxygen atoms in total. The van der Waals surface area contributed by atoms with E-state index in [9.17, 15) is 14.9 Å². The molecule has 0 unspecified atom stereocenters. The van der Waals surface area contributed by atoms with Gasteiger partial charge in [-0.2, -0.15) is 0 Å². The fourth-order valence-electron chi connectivity index (χ4n) is 1.89. The Bertz CT molecular complexity index is 665. The van der Waals surface area contributed by atoms with Crippen LogP contribution in [0, 0.1) is 10.1 Å². The van der Waals surface area contributed by atoms with Crippen molar-refractivity contribution < 1.29 is 9.72 Å². The highest BCUT2D eigenvalue weighted by atomic mass is 16.6. The van der Waals surface area contributed by atoms with Gasteiger partial charge in [-0.3, -0.25) is 19.5 Å². The molecule has 1 amide bonds. The van der Waals surface area contributed by atoms with E-state index in [0.29, 0.717) is 18.8 Å². The van der Waals surface area contributed by atoms with Gasteiger partial charge >= 0.3 is 0 Å². The van der Waals surface area contributed by atoms with Crippen LogP contribution >= 0.6 is 0 Å². The van der Waals surface area contributed by atoms with Gasteiger partial charge < -0.3 is 11.5 Å². The molecule has 1 heterocycles. The summed E-state index contributed by atoms with van der Waals surface area (Å²) in [7, 11) is 0. The number of nitrogens with zero attached hydrogens (tertiary/aromatic N) is 3. The summed E-state index contributed by atoms with van der Waals surface area (Å²) in [6.07, 6.45) is 3.56. The maximum Gasteiger partial charge on any atom is 0.293 e. The van der Waals surface area contributed by atoms with E-state index in [-0.39, 0.29) is 16.9 Å². The Morgan fingerprint density at radius 1 is 1.45 bits per heavy atom. The minimum atomic E-state index is -0.651. The fraction of sp³-hybridized carbons (Fsp3) is 0.167. The zero-order valence-electron chi connectivity index (χ0n) is 10.5. The molecule has 0 saturated carbocycles. The van der Waals surface area contributed by atoms with Gasteiger partial charge in [0.05, 0.1) is 4.92 Å². The zero-order chi connectivity index (χ0) is 14.7. The van der Waals surface area contributed by atoms with E-state index in [1.807, 2.05) is 0 Å². The van der Waals surface area contributed by atoms with Crippen molar-refractivity contribution in [1.29, 1.82) is 0 Å². The third kappa shape index (κ3) is 2.50. The lowest BCUT2D eigenvalue weighted by Crippen LogP contribution is -2.13. The van der Waals surface area contributed by atoms with Crippen molar-refractivity contribution in [3.63, 3.8) is 0 Å². The Labute approximate surface area is 114 Å². The summed E-state index contributed by atoms with van der Waals surface area (Å²) in [6, 6.07) is 3.95. The predicted molar refractivity (Wildman–Crippen MR) is 71.5 cm³/mol. The Morgan fingerprint density at radius 2 is 2.20 bits per heavy atom. The molecule has 0 aliphatic heterocycles. The van der Waals surface area contributed by atoms with Crippen molar-refractivity contribution in [3.05, 3.63) is 52.1 Å². The topological polar surface area (TPSA) is 130 Å². The van der Waals surface area contributed by atoms with Crippen LogP contribution < -0.4 is 11.5 Å². The van der Waals surface area contributed by atoms with E-state index in [1.165, 1.54) is 29.0 Å². The van der Waals surface area contributed by atoms with E-state index >= 15 is 0 Å². The second-order valence-corrected chi connectivity index (χ2v) is 4.08. The lowest BCUT2D eigenvalue weighted by molar-refractivity contribution is -0.384. The van der Waals surface area contributed by atoms with Gasteiger partial charge in [0.1, 0.15) is 11.5 Å². The average molecular weight is 275 g/mol. The van der Waals surface area contributed by atoms with Crippen molar-refractivity contribution in [2.45, 2.75) is 6.42 Å². The molecule has 1 aromatic carbocycles. The molecule has 104 valence electrons. The molecule has 0 radical (unpaired) electrons. The molecule has 0 fully saturated rings. The van der Waals surface area contributed by atoms with Crippen LogP contribution in [0.5, 0.6) is 0 Å². The lowest BCUT2D eigenvalue weighted by atomic mass is 10.1. The van der Waals surface area contributed by atoms with E-state index in [2.05, 4.69) is 4.98 Å². The Morgan fingerprint density at radius 3 is 2.80 bits per heavy atom. The summed E-state index contributed by atoms with van der Waals surface area (Å²) in [4.78, 5) is 25.9. The minimum absolute atomic E-state index is 0.133. The van der Waals surface area contributed by atoms with Gasteiger partial charge in [-0.1, -0.05) is 0 Å². The number of nitrogens with two attached hydrogens (primary N) is 2. The molecule has 0 aliphatic rings. The van der Waals surface area contributed by atoms with Crippen molar-refractivity contribution in [3.8, 4) is 5.69 Å². The number of nitro groups is 1. The summed E-state index contributed by atoms with van der Waals surface area (Å²) in [6.45, 7) is 0.361. The Kier molecular flexibility index (Phi) is 3.76. The van der Waals surface area contributed by atoms with Gasteiger partial charge in [-0.15, -0.1) is 0 Å². The number of benzene rings is 1. The number of rotatable bonds is 5. The van der Waals surface area contributed by atoms with Gasteiger partial charge in [-0.25, -0.2) is 4.98 Å². The first-order valence-corrected chi connectivity index (χ1v) is 5.85. The molecule has 2 rings (SSSR count). The normalized spacial score (nSPS) is 10.4. The van der Waals surface area contributed by atoms with E-state index in [0.717, 1.165) is 0 Å². The van der Waals surface area contributed by atoms with Crippen LogP contribution in [-0.4, -0.2) is 26.9 Å². The average Bonchev–Trinajstić information content (AvgIpc) is 2.86. The molecule has 0 bridgehead atoms. The van der Waals surface area contributed by atoms with E-state index in [4.69, 9.17) is 11.5 Å². The summed E-state index contributed by atoms with van der Waals surface area (Å²) in [5.74, 6) is -0.0705. The van der Waals surface area contributed by atoms with Crippen molar-refractivity contribution in [2.24, 2.45) is 11.5 Å². The van der Waals surface area contributed by atoms with Crippen LogP contribution in [0.4, 0.5) is 5.69 Å². The van der Waals surface area contributed by atoms with E-state index < -0.39 is 10.8 Å². The fourth-order valence-corrected chi connectivity index (χ4v) is 1.89. The van der Waals surface area contributed by atoms with Crippen LogP contribution in [0.15, 0.2) is 30.6 Å². The number of primary amides is 1. The highest BCUT2D eigenvalue weighted by molar-refractivity contribution is 5.94. The molecule has 0 saturated heterocycles. The number of amides is 1. The quantitative estimate of drug-likeness (QED) is 0.601. The second-order valence-electron chi connectivity index (χ2n) is 4.08. The number of carbonyl (C=O) groups is 1. The highest BCUT2D eigenvalue weighted by Crippen LogP contribution is 2.25. The molecule has 4 N–H and O–H groups in total. The molecule has 2 aromatic rings. The largest absolute Gasteiger partial charge is 0.366 e. The van der Waals surface area contributed by atoms with Crippen molar-refractivity contribution in [2.75, 3.05) is 6.54 Å². The maximum absolute atomic E-state index is 11.2. The summed E-state index contributed by atoms with van der Waals surface area (Å²) < 4.78 is 1.54. The summed E-state index contributed by atoms with van der Waals surface area (Å²) in [5.41, 5.74) is 11.0. The van der Waals surface area contributed by atoms with Crippen LogP contribution in [0.25, 0.3) is 5.69 Å². The standard InChI is InChI=1S/C12H13N5O3/c13-4-3-11-15-5-6-16(11)10-7-8(12(14)18)1-2-9(10)17(19)20/h1-2,5-7H,3-4,13H2,(H2,14,18). The molecule has 8 heteroatoms. The lowest BCUT2D eigenvalue weighted by Gasteiger charge is -2.09. The Hall–Kier alpha value is -2.74. The molecule has 0 aliphatic carbocycles. The Balaban J connectivity index is 2.63. The van der Waals surface area contributed by atoms with Gasteiger partial charge in [-0.05, 0) is 18.7 Å². The van der Waals surface area contributed by atoms with Crippen molar-refractivity contribution >= 4 is 11.6 Å². The number of aromatic nitrogens is 2. The summed E-state index contributed by atoms with van der Waals surface area (Å²) >= 11 is 0. The summed E-state index contributed by atoms with van der Waals surface area (Å²) in [5, 5.41) is 11.1. The molecular weight excluding hydrogens is 262 g/mol. The van der Waals surface area contributed by atoms with Gasteiger partial charge in [0, 0.05) is 30.4 Å². The molecular formula is C12H13N5O3. The smallest absolute Gasteiger partial charge is 0.293 e. The molecule has 0 spiro atoms. The highest BCUT2D eigenvalue weighted by Gasteiger charge is 2.19. The first-order valence-electron chi connectivity index (χ1n) is 5.85. The van der Waals surface area contributed by atoms with Gasteiger partial charge in [0.2, 0.25) is 5.91 Å². The first kappa shape index (κ1) is 13.7. The van der Waals surface area contributed by atoms with Crippen LogP contribution in [0.2, 0.25) is 0 Å². The van der Waals surface area contributed by atoms with Crippen LogP contribution in [-0.2, 0) is 6.42 Å². The van der Waals surface area contributed by atoms with E-state index in [1.54, 1.807) is 6.20 Å². The predicted octanol–water partition coefficient (Wildman–Crippen LogP) is 0.381. The number of hydrogen-bond donors (Lipinski definition) is 2. The van der Waals surface area contributed by atoms with Crippen LogP contribution in [0.3, 0.4) is 0 Å². The zero-order valence-corrected chi connectivity index (χ0v) is 10.5. The number of nitro benzene ring substituents is 1.